The maximum absolute atomic E-state index is 12.6. The minimum atomic E-state index is -0.811. The van der Waals surface area contributed by atoms with Gasteiger partial charge in [0.25, 0.3) is 5.91 Å². The number of hydrogen-bond donors (Lipinski definition) is 0. The molecule has 1 atom stereocenters. The summed E-state index contributed by atoms with van der Waals surface area (Å²) in [6, 6.07) is 15.0. The lowest BCUT2D eigenvalue weighted by atomic mass is 10.1. The number of benzene rings is 2. The number of anilines is 1. The Morgan fingerprint density at radius 1 is 1.13 bits per heavy atom. The van der Waals surface area contributed by atoms with E-state index < -0.39 is 12.1 Å². The van der Waals surface area contributed by atoms with Crippen LogP contribution < -0.4 is 4.90 Å². The molecule has 23 heavy (non-hydrogen) atoms. The summed E-state index contributed by atoms with van der Waals surface area (Å²) in [4.78, 5) is 26.5. The quantitative estimate of drug-likeness (QED) is 0.818. The van der Waals surface area contributed by atoms with Gasteiger partial charge in [-0.3, -0.25) is 4.79 Å². The molecule has 0 aromatic heterocycles. The Bertz CT molecular complexity index is 754. The predicted octanol–water partition coefficient (Wildman–Crippen LogP) is 3.13. The van der Waals surface area contributed by atoms with Crippen molar-refractivity contribution in [3.63, 3.8) is 0 Å². The molecule has 4 nitrogen and oxygen atoms in total. The number of rotatable bonds is 3. The zero-order valence-corrected chi connectivity index (χ0v) is 13.3. The van der Waals surface area contributed by atoms with Gasteiger partial charge in [0.1, 0.15) is 0 Å². The number of carbonyl (C=O) groups is 2. The third kappa shape index (κ3) is 3.11. The number of nitrogens with zero attached hydrogens (tertiary/aromatic N) is 1. The van der Waals surface area contributed by atoms with Crippen LogP contribution in [0.1, 0.15) is 28.4 Å². The molecule has 0 unspecified atom stereocenters. The number of amides is 1. The monoisotopic (exact) mass is 309 g/mol. The lowest BCUT2D eigenvalue weighted by Crippen LogP contribution is -2.39. The van der Waals surface area contributed by atoms with Gasteiger partial charge in [-0.05, 0) is 44.0 Å². The van der Waals surface area contributed by atoms with E-state index in [1.165, 1.54) is 0 Å². The van der Waals surface area contributed by atoms with Crippen molar-refractivity contribution in [2.45, 2.75) is 26.4 Å². The Morgan fingerprint density at radius 3 is 2.70 bits per heavy atom. The van der Waals surface area contributed by atoms with Gasteiger partial charge in [0.15, 0.2) is 6.10 Å². The van der Waals surface area contributed by atoms with Crippen LogP contribution in [-0.4, -0.2) is 24.5 Å². The molecule has 1 amide bonds. The summed E-state index contributed by atoms with van der Waals surface area (Å²) >= 11 is 0. The van der Waals surface area contributed by atoms with Crippen LogP contribution in [0.15, 0.2) is 48.5 Å². The van der Waals surface area contributed by atoms with Crippen molar-refractivity contribution in [3.8, 4) is 0 Å². The Labute approximate surface area is 135 Å². The molecule has 0 bridgehead atoms. The lowest BCUT2D eigenvalue weighted by Gasteiger charge is -2.21. The molecule has 0 saturated carbocycles. The largest absolute Gasteiger partial charge is 0.449 e. The van der Waals surface area contributed by atoms with E-state index in [9.17, 15) is 9.59 Å². The topological polar surface area (TPSA) is 46.6 Å². The Balaban J connectivity index is 1.70. The molecule has 2 aromatic carbocycles. The second-order valence-corrected chi connectivity index (χ2v) is 5.79. The summed E-state index contributed by atoms with van der Waals surface area (Å²) in [7, 11) is 0. The Hall–Kier alpha value is -2.62. The van der Waals surface area contributed by atoms with Crippen LogP contribution in [0.25, 0.3) is 0 Å². The van der Waals surface area contributed by atoms with Gasteiger partial charge in [0.2, 0.25) is 0 Å². The number of carbonyl (C=O) groups excluding carboxylic acids is 2. The number of para-hydroxylation sites is 1. The maximum atomic E-state index is 12.6. The van der Waals surface area contributed by atoms with E-state index in [0.717, 1.165) is 23.2 Å². The molecule has 0 radical (unpaired) electrons. The maximum Gasteiger partial charge on any atom is 0.338 e. The van der Waals surface area contributed by atoms with Crippen LogP contribution in [0.2, 0.25) is 0 Å². The van der Waals surface area contributed by atoms with Gasteiger partial charge in [-0.2, -0.15) is 0 Å². The van der Waals surface area contributed by atoms with Gasteiger partial charge in [0.05, 0.1) is 5.56 Å². The zero-order chi connectivity index (χ0) is 16.4. The standard InChI is InChI=1S/C19H19NO3/c1-13-6-5-8-16(12-13)19(22)23-14(2)18(21)20-11-10-15-7-3-4-9-17(15)20/h3-9,12,14H,10-11H2,1-2H3/t14-/m1/s1. The van der Waals surface area contributed by atoms with Gasteiger partial charge in [-0.1, -0.05) is 35.9 Å². The normalized spacial score (nSPS) is 14.3. The van der Waals surface area contributed by atoms with E-state index >= 15 is 0 Å². The SMILES string of the molecule is Cc1cccc(C(=O)O[C@H](C)C(=O)N2CCc3ccccc32)c1. The van der Waals surface area contributed by atoms with Crippen LogP contribution >= 0.6 is 0 Å². The first-order valence-corrected chi connectivity index (χ1v) is 7.73. The number of aryl methyl sites for hydroxylation is 1. The van der Waals surface area contributed by atoms with E-state index in [1.54, 1.807) is 30.0 Å². The summed E-state index contributed by atoms with van der Waals surface area (Å²) in [6.07, 6.45) is 0.0228. The van der Waals surface area contributed by atoms with Gasteiger partial charge in [-0.25, -0.2) is 4.79 Å². The van der Waals surface area contributed by atoms with Crippen LogP contribution in [-0.2, 0) is 16.0 Å². The van der Waals surface area contributed by atoms with Crippen molar-refractivity contribution in [2.75, 3.05) is 11.4 Å². The second-order valence-electron chi connectivity index (χ2n) is 5.79. The van der Waals surface area contributed by atoms with Gasteiger partial charge in [-0.15, -0.1) is 0 Å². The first kappa shape index (κ1) is 15.3. The number of hydrogen-bond acceptors (Lipinski definition) is 3. The molecule has 0 aliphatic carbocycles. The first-order chi connectivity index (χ1) is 11.1. The summed E-state index contributed by atoms with van der Waals surface area (Å²) in [5, 5.41) is 0. The molecule has 0 N–H and O–H groups in total. The third-order valence-electron chi connectivity index (χ3n) is 4.04. The fourth-order valence-corrected chi connectivity index (χ4v) is 2.84. The van der Waals surface area contributed by atoms with E-state index in [-0.39, 0.29) is 5.91 Å². The van der Waals surface area contributed by atoms with E-state index in [1.807, 2.05) is 37.3 Å². The fraction of sp³-hybridized carbons (Fsp3) is 0.263. The Morgan fingerprint density at radius 2 is 1.91 bits per heavy atom. The highest BCUT2D eigenvalue weighted by Gasteiger charge is 2.29. The number of esters is 1. The number of ether oxygens (including phenoxy) is 1. The summed E-state index contributed by atoms with van der Waals surface area (Å²) in [5.74, 6) is -0.655. The molecule has 118 valence electrons. The molecule has 1 aliphatic rings. The van der Waals surface area contributed by atoms with Crippen molar-refractivity contribution in [2.24, 2.45) is 0 Å². The molecule has 1 heterocycles. The van der Waals surface area contributed by atoms with E-state index in [4.69, 9.17) is 4.74 Å². The minimum Gasteiger partial charge on any atom is -0.449 e. The highest BCUT2D eigenvalue weighted by molar-refractivity contribution is 6.00. The summed E-state index contributed by atoms with van der Waals surface area (Å²) < 4.78 is 5.35. The van der Waals surface area contributed by atoms with Crippen molar-refractivity contribution < 1.29 is 14.3 Å². The molecular formula is C19H19NO3. The molecule has 3 rings (SSSR count). The lowest BCUT2D eigenvalue weighted by molar-refractivity contribution is -0.126. The molecular weight excluding hydrogens is 290 g/mol. The molecule has 2 aromatic rings. The Kier molecular flexibility index (Phi) is 4.15. The van der Waals surface area contributed by atoms with Crippen LogP contribution in [0.5, 0.6) is 0 Å². The fourth-order valence-electron chi connectivity index (χ4n) is 2.84. The van der Waals surface area contributed by atoms with Gasteiger partial charge in [0, 0.05) is 12.2 Å². The zero-order valence-electron chi connectivity index (χ0n) is 13.3. The van der Waals surface area contributed by atoms with Crippen molar-refractivity contribution in [1.29, 1.82) is 0 Å². The van der Waals surface area contributed by atoms with E-state index in [0.29, 0.717) is 12.1 Å². The molecule has 4 heteroatoms. The van der Waals surface area contributed by atoms with E-state index in [2.05, 4.69) is 0 Å². The molecule has 0 fully saturated rings. The predicted molar refractivity (Wildman–Crippen MR) is 88.6 cm³/mol. The average Bonchev–Trinajstić information content (AvgIpc) is 2.98. The second kappa shape index (κ2) is 6.24. The highest BCUT2D eigenvalue weighted by Crippen LogP contribution is 2.28. The number of fused-ring (bicyclic) bond motifs is 1. The minimum absolute atomic E-state index is 0.184. The molecule has 1 aliphatic heterocycles. The smallest absolute Gasteiger partial charge is 0.338 e. The van der Waals surface area contributed by atoms with Crippen LogP contribution in [0, 0.1) is 6.92 Å². The highest BCUT2D eigenvalue weighted by atomic mass is 16.5. The van der Waals surface area contributed by atoms with Gasteiger partial charge >= 0.3 is 5.97 Å². The van der Waals surface area contributed by atoms with Gasteiger partial charge < -0.3 is 9.64 Å². The average molecular weight is 309 g/mol. The summed E-state index contributed by atoms with van der Waals surface area (Å²) in [5.41, 5.74) is 3.51. The molecule has 0 saturated heterocycles. The van der Waals surface area contributed by atoms with Crippen molar-refractivity contribution >= 4 is 17.6 Å². The molecule has 0 spiro atoms. The van der Waals surface area contributed by atoms with Crippen LogP contribution in [0.3, 0.4) is 0 Å². The summed E-state index contributed by atoms with van der Waals surface area (Å²) in [6.45, 7) is 4.16. The van der Waals surface area contributed by atoms with Crippen LogP contribution in [0.4, 0.5) is 5.69 Å². The first-order valence-electron chi connectivity index (χ1n) is 7.73. The van der Waals surface area contributed by atoms with Crippen molar-refractivity contribution in [1.82, 2.24) is 0 Å². The van der Waals surface area contributed by atoms with Crippen molar-refractivity contribution in [3.05, 3.63) is 65.2 Å². The third-order valence-corrected chi connectivity index (χ3v) is 4.04.